The number of carbonyl (C=O) groups is 1. The van der Waals surface area contributed by atoms with E-state index in [4.69, 9.17) is 4.43 Å². The highest BCUT2D eigenvalue weighted by molar-refractivity contribution is 6.74. The molecule has 1 amide bonds. The van der Waals surface area contributed by atoms with Crippen LogP contribution in [0.3, 0.4) is 0 Å². The third-order valence-corrected chi connectivity index (χ3v) is 13.0. The van der Waals surface area contributed by atoms with Crippen molar-refractivity contribution in [3.8, 4) is 0 Å². The highest BCUT2D eigenvalue weighted by atomic mass is 28.4. The molecular formula is C30H40N2O2Si. The predicted molar refractivity (Wildman–Crippen MR) is 146 cm³/mol. The van der Waals surface area contributed by atoms with Gasteiger partial charge in [0, 0.05) is 37.7 Å². The topological polar surface area (TPSA) is 32.8 Å². The minimum atomic E-state index is -2.09. The summed E-state index contributed by atoms with van der Waals surface area (Å²) >= 11 is 0. The third kappa shape index (κ3) is 4.44. The summed E-state index contributed by atoms with van der Waals surface area (Å²) in [6, 6.07) is 19.4. The molecule has 1 aliphatic carbocycles. The van der Waals surface area contributed by atoms with Crippen molar-refractivity contribution in [3.63, 3.8) is 0 Å². The van der Waals surface area contributed by atoms with Crippen LogP contribution in [0, 0.1) is 0 Å². The van der Waals surface area contributed by atoms with Gasteiger partial charge in [-0.05, 0) is 54.6 Å². The Morgan fingerprint density at radius 1 is 0.971 bits per heavy atom. The number of para-hydroxylation sites is 1. The summed E-state index contributed by atoms with van der Waals surface area (Å²) in [5.74, 6) is 1.44. The smallest absolute Gasteiger partial charge is 0.255 e. The van der Waals surface area contributed by atoms with Gasteiger partial charge in [0.1, 0.15) is 0 Å². The Kier molecular flexibility index (Phi) is 6.33. The Balaban J connectivity index is 1.59. The number of carbonyl (C=O) groups excluding carboxylic acids is 1. The second-order valence-electron chi connectivity index (χ2n) is 12.0. The van der Waals surface area contributed by atoms with Gasteiger partial charge in [-0.2, -0.15) is 0 Å². The third-order valence-electron chi connectivity index (χ3n) is 8.62. The molecule has 0 spiro atoms. The summed E-state index contributed by atoms with van der Waals surface area (Å²) in [5.41, 5.74) is 4.81. The van der Waals surface area contributed by atoms with Crippen LogP contribution in [-0.4, -0.2) is 38.3 Å². The van der Waals surface area contributed by atoms with E-state index in [1.807, 2.05) is 0 Å². The lowest BCUT2D eigenvalue weighted by molar-refractivity contribution is -0.128. The molecule has 1 saturated heterocycles. The predicted octanol–water partition coefficient (Wildman–Crippen LogP) is 6.85. The molecule has 0 aromatic heterocycles. The number of rotatable bonds is 5. The highest BCUT2D eigenvalue weighted by Crippen LogP contribution is 2.54. The van der Waals surface area contributed by atoms with Crippen LogP contribution < -0.4 is 4.90 Å². The fraction of sp³-hybridized carbons (Fsp3) is 0.500. The number of amides is 1. The van der Waals surface area contributed by atoms with Crippen LogP contribution in [-0.2, 0) is 15.8 Å². The zero-order valence-corrected chi connectivity index (χ0v) is 23.0. The zero-order chi connectivity index (χ0) is 24.8. The van der Waals surface area contributed by atoms with Gasteiger partial charge in [-0.3, -0.25) is 4.79 Å². The number of anilines is 1. The van der Waals surface area contributed by atoms with Crippen molar-refractivity contribution in [1.82, 2.24) is 4.90 Å². The summed E-state index contributed by atoms with van der Waals surface area (Å²) in [6.07, 6.45) is 4.22. The van der Waals surface area contributed by atoms with Gasteiger partial charge in [-0.25, -0.2) is 0 Å². The van der Waals surface area contributed by atoms with E-state index >= 15 is 0 Å². The Hall–Kier alpha value is -2.53. The molecule has 4 nitrogen and oxygen atoms in total. The first kappa shape index (κ1) is 24.2. The maximum atomic E-state index is 14.2. The van der Waals surface area contributed by atoms with E-state index in [0.717, 1.165) is 50.2 Å². The van der Waals surface area contributed by atoms with Crippen LogP contribution in [0.4, 0.5) is 5.69 Å². The molecule has 35 heavy (non-hydrogen) atoms. The van der Waals surface area contributed by atoms with Crippen molar-refractivity contribution >= 4 is 19.9 Å². The highest BCUT2D eigenvalue weighted by Gasteiger charge is 2.51. The van der Waals surface area contributed by atoms with Gasteiger partial charge < -0.3 is 14.2 Å². The molecule has 0 unspecified atom stereocenters. The lowest BCUT2D eigenvalue weighted by Gasteiger charge is -2.38. The molecule has 2 aromatic rings. The maximum Gasteiger partial charge on any atom is 0.255 e. The van der Waals surface area contributed by atoms with E-state index in [2.05, 4.69) is 98.3 Å². The van der Waals surface area contributed by atoms with Gasteiger partial charge >= 0.3 is 0 Å². The summed E-state index contributed by atoms with van der Waals surface area (Å²) in [6.45, 7) is 13.9. The van der Waals surface area contributed by atoms with E-state index in [1.165, 1.54) is 23.2 Å². The molecule has 5 rings (SSSR count). The van der Waals surface area contributed by atoms with Gasteiger partial charge in [0.25, 0.3) is 5.91 Å². The van der Waals surface area contributed by atoms with Crippen molar-refractivity contribution in [2.75, 3.05) is 18.0 Å². The standard InChI is InChI=1S/C30H40N2O2Si/c1-30(2,3)35(4,5)34-26-20-24-23-16-10-11-17-25(23)32(21-22-14-8-6-9-15-22)28(24)27(26)29(33)31-18-12-7-13-19-31/h6,8-11,14-17,24,28H,7,12-13,18-21H2,1-5H3/t24-,28+/m0/s1. The minimum Gasteiger partial charge on any atom is -0.546 e. The van der Waals surface area contributed by atoms with Crippen molar-refractivity contribution in [2.24, 2.45) is 0 Å². The number of fused-ring (bicyclic) bond motifs is 3. The number of hydrogen-bond acceptors (Lipinski definition) is 3. The second-order valence-corrected chi connectivity index (χ2v) is 16.7. The van der Waals surface area contributed by atoms with Crippen LogP contribution in [0.5, 0.6) is 0 Å². The SMILES string of the molecule is CC(C)(C)[Si](C)(C)OC1=C(C(=O)N2CCCCC2)[C@H]2[C@@H](C1)c1ccccc1N2Cc1ccccc1. The van der Waals surface area contributed by atoms with Crippen LogP contribution in [0.1, 0.15) is 63.5 Å². The molecule has 0 bridgehead atoms. The number of hydrogen-bond donors (Lipinski definition) is 0. The molecular weight excluding hydrogens is 448 g/mol. The molecule has 2 atom stereocenters. The lowest BCUT2D eigenvalue weighted by Crippen LogP contribution is -2.44. The largest absolute Gasteiger partial charge is 0.546 e. The average Bonchev–Trinajstić information content (AvgIpc) is 3.34. The molecule has 2 heterocycles. The summed E-state index contributed by atoms with van der Waals surface area (Å²) < 4.78 is 6.98. The van der Waals surface area contributed by atoms with Crippen molar-refractivity contribution < 1.29 is 9.22 Å². The van der Waals surface area contributed by atoms with E-state index in [-0.39, 0.29) is 22.9 Å². The van der Waals surface area contributed by atoms with E-state index in [0.29, 0.717) is 0 Å². The molecule has 0 N–H and O–H groups in total. The molecule has 2 aliphatic heterocycles. The first-order valence-electron chi connectivity index (χ1n) is 13.3. The van der Waals surface area contributed by atoms with Gasteiger partial charge in [0.2, 0.25) is 8.32 Å². The lowest BCUT2D eigenvalue weighted by atomic mass is 9.94. The Morgan fingerprint density at radius 2 is 1.63 bits per heavy atom. The Morgan fingerprint density at radius 3 is 2.31 bits per heavy atom. The van der Waals surface area contributed by atoms with Crippen LogP contribution >= 0.6 is 0 Å². The fourth-order valence-corrected chi connectivity index (χ4v) is 6.80. The summed E-state index contributed by atoms with van der Waals surface area (Å²) in [5, 5.41) is 0.0820. The molecule has 5 heteroatoms. The van der Waals surface area contributed by atoms with Crippen molar-refractivity contribution in [1.29, 1.82) is 0 Å². The van der Waals surface area contributed by atoms with E-state index in [9.17, 15) is 4.79 Å². The van der Waals surface area contributed by atoms with Gasteiger partial charge in [0.15, 0.2) is 0 Å². The van der Waals surface area contributed by atoms with Crippen molar-refractivity contribution in [2.45, 2.75) is 83.1 Å². The first-order chi connectivity index (χ1) is 16.7. The zero-order valence-electron chi connectivity index (χ0n) is 22.0. The number of likely N-dealkylation sites (tertiary alicyclic amines) is 1. The molecule has 3 aliphatic rings. The fourth-order valence-electron chi connectivity index (χ4n) is 5.69. The Bertz CT molecular complexity index is 1110. The number of benzene rings is 2. The van der Waals surface area contributed by atoms with Gasteiger partial charge in [0.05, 0.1) is 17.4 Å². The molecule has 1 fully saturated rings. The van der Waals surface area contributed by atoms with Gasteiger partial charge in [-0.1, -0.05) is 69.3 Å². The van der Waals surface area contributed by atoms with E-state index < -0.39 is 8.32 Å². The van der Waals surface area contributed by atoms with Crippen LogP contribution in [0.15, 0.2) is 65.9 Å². The van der Waals surface area contributed by atoms with Crippen LogP contribution in [0.2, 0.25) is 18.1 Å². The quantitative estimate of drug-likeness (QED) is 0.431. The van der Waals surface area contributed by atoms with Crippen molar-refractivity contribution in [3.05, 3.63) is 77.1 Å². The number of allylic oxidation sites excluding steroid dienone is 1. The summed E-state index contributed by atoms with van der Waals surface area (Å²) in [7, 11) is -2.09. The second kappa shape index (κ2) is 9.16. The van der Waals surface area contributed by atoms with Gasteiger partial charge in [-0.15, -0.1) is 0 Å². The Labute approximate surface area is 212 Å². The average molecular weight is 489 g/mol. The number of nitrogens with zero attached hydrogens (tertiary/aromatic N) is 2. The first-order valence-corrected chi connectivity index (χ1v) is 16.2. The van der Waals surface area contributed by atoms with E-state index in [1.54, 1.807) is 0 Å². The monoisotopic (exact) mass is 488 g/mol. The molecule has 2 aromatic carbocycles. The maximum absolute atomic E-state index is 14.2. The molecule has 186 valence electrons. The normalized spacial score (nSPS) is 22.3. The van der Waals surface area contributed by atoms with Crippen LogP contribution in [0.25, 0.3) is 0 Å². The molecule has 0 saturated carbocycles. The minimum absolute atomic E-state index is 0.0294. The number of piperidine rings is 1. The summed E-state index contributed by atoms with van der Waals surface area (Å²) in [4.78, 5) is 18.8. The molecule has 0 radical (unpaired) electrons.